The molecule has 4 rings (SSSR count). The monoisotopic (exact) mass is 609 g/mol. The highest BCUT2D eigenvalue weighted by atomic mass is 16.2. The van der Waals surface area contributed by atoms with Crippen LogP contribution in [0.5, 0.6) is 0 Å². The minimum absolute atomic E-state index is 0.0926. The van der Waals surface area contributed by atoms with E-state index < -0.39 is 41.8 Å². The summed E-state index contributed by atoms with van der Waals surface area (Å²) in [6.07, 6.45) is 0.879. The van der Waals surface area contributed by atoms with Gasteiger partial charge in [-0.1, -0.05) is 84.9 Å². The molecule has 0 bridgehead atoms. The summed E-state index contributed by atoms with van der Waals surface area (Å²) in [5.74, 6) is -2.35. The van der Waals surface area contributed by atoms with E-state index >= 15 is 0 Å². The Morgan fingerprint density at radius 2 is 1.33 bits per heavy atom. The van der Waals surface area contributed by atoms with Gasteiger partial charge in [0.05, 0.1) is 0 Å². The van der Waals surface area contributed by atoms with E-state index in [0.29, 0.717) is 6.42 Å². The summed E-state index contributed by atoms with van der Waals surface area (Å²) in [5.41, 5.74) is 18.3. The molecule has 4 amide bonds. The number of rotatable bonds is 14. The minimum Gasteiger partial charge on any atom is -0.370 e. The number of hydrogen-bond donors (Lipinski definition) is 6. The van der Waals surface area contributed by atoms with Crippen LogP contribution in [-0.4, -0.2) is 54.3 Å². The van der Waals surface area contributed by atoms with Gasteiger partial charge in [-0.25, -0.2) is 0 Å². The lowest BCUT2D eigenvalue weighted by Crippen LogP contribution is -2.57. The third-order valence-corrected chi connectivity index (χ3v) is 7.49. The van der Waals surface area contributed by atoms with Gasteiger partial charge in [0.15, 0.2) is 5.96 Å². The number of carbonyl (C=O) groups excluding carboxylic acids is 4. The zero-order valence-electron chi connectivity index (χ0n) is 25.2. The van der Waals surface area contributed by atoms with Crippen LogP contribution in [0.2, 0.25) is 0 Å². The number of primary amides is 1. The van der Waals surface area contributed by atoms with E-state index in [1.165, 1.54) is 6.92 Å². The van der Waals surface area contributed by atoms with Crippen molar-refractivity contribution in [1.29, 1.82) is 0 Å². The minimum atomic E-state index is -1.06. The lowest BCUT2D eigenvalue weighted by Gasteiger charge is -2.25. The summed E-state index contributed by atoms with van der Waals surface area (Å²) in [4.78, 5) is 55.8. The van der Waals surface area contributed by atoms with Gasteiger partial charge in [-0.3, -0.25) is 24.2 Å². The predicted molar refractivity (Wildman–Crippen MR) is 176 cm³/mol. The third-order valence-electron chi connectivity index (χ3n) is 7.49. The van der Waals surface area contributed by atoms with Gasteiger partial charge in [-0.05, 0) is 45.5 Å². The van der Waals surface area contributed by atoms with Gasteiger partial charge in [0.2, 0.25) is 23.6 Å². The van der Waals surface area contributed by atoms with E-state index in [2.05, 4.69) is 20.9 Å². The van der Waals surface area contributed by atoms with Gasteiger partial charge in [0.1, 0.15) is 18.1 Å². The molecule has 0 saturated heterocycles. The van der Waals surface area contributed by atoms with Crippen molar-refractivity contribution >= 4 is 51.1 Å². The van der Waals surface area contributed by atoms with E-state index in [-0.39, 0.29) is 31.8 Å². The number of nitrogens with one attached hydrogen (secondary N) is 3. The predicted octanol–water partition coefficient (Wildman–Crippen LogP) is 1.79. The van der Waals surface area contributed by atoms with Crippen LogP contribution < -0.4 is 33.2 Å². The number of amides is 4. The third kappa shape index (κ3) is 9.27. The molecule has 11 nitrogen and oxygen atoms in total. The van der Waals surface area contributed by atoms with Crippen molar-refractivity contribution in [2.24, 2.45) is 22.2 Å². The number of nitrogens with zero attached hydrogens (tertiary/aromatic N) is 1. The summed E-state index contributed by atoms with van der Waals surface area (Å²) in [6, 6.07) is 24.0. The van der Waals surface area contributed by atoms with Crippen LogP contribution in [-0.2, 0) is 32.0 Å². The maximum absolute atomic E-state index is 13.6. The fourth-order valence-electron chi connectivity index (χ4n) is 5.29. The van der Waals surface area contributed by atoms with Crippen LogP contribution in [0.1, 0.15) is 30.9 Å². The highest BCUT2D eigenvalue weighted by molar-refractivity contribution is 5.95. The molecule has 0 aliphatic carbocycles. The van der Waals surface area contributed by atoms with Crippen LogP contribution in [0.4, 0.5) is 0 Å². The molecule has 234 valence electrons. The molecular formula is C34H39N7O4. The van der Waals surface area contributed by atoms with Crippen LogP contribution in [0.3, 0.4) is 0 Å². The molecule has 11 heteroatoms. The van der Waals surface area contributed by atoms with Crippen molar-refractivity contribution in [3.63, 3.8) is 0 Å². The van der Waals surface area contributed by atoms with Crippen LogP contribution in [0.15, 0.2) is 89.9 Å². The molecule has 3 unspecified atom stereocenters. The fourth-order valence-corrected chi connectivity index (χ4v) is 5.29. The molecule has 0 spiro atoms. The second-order valence-corrected chi connectivity index (χ2v) is 11.0. The number of guanidine groups is 1. The molecular weight excluding hydrogens is 570 g/mol. The SMILES string of the molecule is CC(=O)NC(Cc1cccc2ccccc12)C(=O)NC(CCCN=C(N)N)C(=O)NC(Cc1ccc2ccccc2c1)C(N)=O. The average Bonchev–Trinajstić information content (AvgIpc) is 3.01. The summed E-state index contributed by atoms with van der Waals surface area (Å²) < 4.78 is 0. The van der Waals surface area contributed by atoms with Crippen LogP contribution in [0, 0.1) is 0 Å². The first-order valence-electron chi connectivity index (χ1n) is 14.8. The van der Waals surface area contributed by atoms with Crippen molar-refractivity contribution in [2.45, 2.75) is 50.7 Å². The largest absolute Gasteiger partial charge is 0.370 e. The Kier molecular flexibility index (Phi) is 11.1. The van der Waals surface area contributed by atoms with E-state index in [1.807, 2.05) is 84.9 Å². The van der Waals surface area contributed by atoms with Gasteiger partial charge in [-0.2, -0.15) is 0 Å². The molecule has 45 heavy (non-hydrogen) atoms. The second kappa shape index (κ2) is 15.3. The molecule has 0 aromatic heterocycles. The average molecular weight is 610 g/mol. The maximum Gasteiger partial charge on any atom is 0.243 e. The summed E-state index contributed by atoms with van der Waals surface area (Å²) in [5, 5.41) is 12.2. The fraction of sp³-hybridized carbons (Fsp3) is 0.265. The zero-order valence-corrected chi connectivity index (χ0v) is 25.2. The highest BCUT2D eigenvalue weighted by Gasteiger charge is 2.29. The lowest BCUT2D eigenvalue weighted by molar-refractivity contribution is -0.133. The number of fused-ring (bicyclic) bond motifs is 2. The lowest BCUT2D eigenvalue weighted by atomic mass is 9.98. The van der Waals surface area contributed by atoms with Gasteiger partial charge >= 0.3 is 0 Å². The number of carbonyl (C=O) groups is 4. The first-order valence-corrected chi connectivity index (χ1v) is 14.8. The number of nitrogens with two attached hydrogens (primary N) is 3. The van der Waals surface area contributed by atoms with E-state index in [4.69, 9.17) is 17.2 Å². The molecule has 9 N–H and O–H groups in total. The number of aliphatic imine (C=N–C) groups is 1. The second-order valence-electron chi connectivity index (χ2n) is 11.0. The molecule has 0 aliphatic heterocycles. The Bertz CT molecular complexity index is 1710. The Hall–Kier alpha value is -5.45. The quantitative estimate of drug-likeness (QED) is 0.0716. The Balaban J connectivity index is 1.53. The Labute approximate surface area is 261 Å². The zero-order chi connectivity index (χ0) is 32.3. The first-order chi connectivity index (χ1) is 21.6. The van der Waals surface area contributed by atoms with Crippen molar-refractivity contribution in [2.75, 3.05) is 6.54 Å². The molecule has 4 aromatic carbocycles. The molecule has 0 fully saturated rings. The van der Waals surface area contributed by atoms with Gasteiger partial charge in [0.25, 0.3) is 0 Å². The van der Waals surface area contributed by atoms with E-state index in [1.54, 1.807) is 0 Å². The standard InChI is InChI=1S/C34H39N7O4/c1-21(42)39-30(20-26-12-6-11-24-9-4-5-13-27(24)26)33(45)40-28(14-7-17-38-34(36)37)32(44)41-29(31(35)43)19-22-15-16-23-8-2-3-10-25(23)18-22/h2-6,8-13,15-16,18,28-30H,7,14,17,19-20H2,1H3,(H2,35,43)(H,39,42)(H,40,45)(H,41,44)(H4,36,37,38). The smallest absolute Gasteiger partial charge is 0.243 e. The Morgan fingerprint density at radius 1 is 0.689 bits per heavy atom. The number of benzene rings is 4. The molecule has 0 radical (unpaired) electrons. The first kappa shape index (κ1) is 32.5. The van der Waals surface area contributed by atoms with Crippen LogP contribution >= 0.6 is 0 Å². The van der Waals surface area contributed by atoms with Crippen molar-refractivity contribution < 1.29 is 19.2 Å². The highest BCUT2D eigenvalue weighted by Crippen LogP contribution is 2.20. The van der Waals surface area contributed by atoms with E-state index in [0.717, 1.165) is 32.7 Å². The Morgan fingerprint density at radius 3 is 2.04 bits per heavy atom. The number of hydrogen-bond acceptors (Lipinski definition) is 5. The molecule has 0 heterocycles. The molecule has 0 saturated carbocycles. The maximum atomic E-state index is 13.6. The summed E-state index contributed by atoms with van der Waals surface area (Å²) in [6.45, 7) is 1.55. The summed E-state index contributed by atoms with van der Waals surface area (Å²) >= 11 is 0. The van der Waals surface area contributed by atoms with E-state index in [9.17, 15) is 19.2 Å². The molecule has 4 aromatic rings. The van der Waals surface area contributed by atoms with Crippen molar-refractivity contribution in [3.05, 3.63) is 96.1 Å². The molecule has 0 aliphatic rings. The van der Waals surface area contributed by atoms with Gasteiger partial charge < -0.3 is 33.2 Å². The van der Waals surface area contributed by atoms with Crippen molar-refractivity contribution in [3.8, 4) is 0 Å². The topological polar surface area (TPSA) is 195 Å². The van der Waals surface area contributed by atoms with Gasteiger partial charge in [0, 0.05) is 26.3 Å². The normalized spacial score (nSPS) is 12.9. The molecule has 3 atom stereocenters. The van der Waals surface area contributed by atoms with Crippen molar-refractivity contribution in [1.82, 2.24) is 16.0 Å². The van der Waals surface area contributed by atoms with Crippen LogP contribution in [0.25, 0.3) is 21.5 Å². The summed E-state index contributed by atoms with van der Waals surface area (Å²) in [7, 11) is 0. The van der Waals surface area contributed by atoms with Gasteiger partial charge in [-0.15, -0.1) is 0 Å².